The van der Waals surface area contributed by atoms with Gasteiger partial charge >= 0.3 is 6.03 Å². The van der Waals surface area contributed by atoms with Crippen LogP contribution in [0.15, 0.2) is 23.0 Å². The molecular formula is C18H16Cl2N6O3. The fourth-order valence-electron chi connectivity index (χ4n) is 2.81. The van der Waals surface area contributed by atoms with E-state index in [0.717, 1.165) is 5.01 Å². The third kappa shape index (κ3) is 4.24. The van der Waals surface area contributed by atoms with Gasteiger partial charge in [-0.15, -0.1) is 0 Å². The van der Waals surface area contributed by atoms with Gasteiger partial charge in [0.25, 0.3) is 11.5 Å². The Morgan fingerprint density at radius 2 is 1.86 bits per heavy atom. The number of halogens is 2. The molecule has 2 heterocycles. The fraction of sp³-hybridized carbons (Fsp3) is 0.278. The molecule has 1 atom stereocenters. The van der Waals surface area contributed by atoms with E-state index in [-0.39, 0.29) is 33.6 Å². The largest absolute Gasteiger partial charge is 0.343 e. The SMILES string of the molecule is CC(C)c1cc(Cc2c(Cl)cc(N3NC(C#N)C(=O)NC3=O)cc2Cl)n[nH]c1=O. The number of H-pyrrole nitrogens is 1. The lowest BCUT2D eigenvalue weighted by Crippen LogP contribution is -2.64. The molecule has 29 heavy (non-hydrogen) atoms. The molecule has 0 bridgehead atoms. The summed E-state index contributed by atoms with van der Waals surface area (Å²) in [6, 6.07) is 4.42. The summed E-state index contributed by atoms with van der Waals surface area (Å²) in [5.74, 6) is -0.721. The second-order valence-electron chi connectivity index (χ2n) is 6.68. The van der Waals surface area contributed by atoms with E-state index in [4.69, 9.17) is 28.5 Å². The van der Waals surface area contributed by atoms with Crippen LogP contribution >= 0.6 is 23.2 Å². The topological polar surface area (TPSA) is 131 Å². The molecule has 11 heteroatoms. The van der Waals surface area contributed by atoms with Gasteiger partial charge in [0, 0.05) is 22.0 Å². The van der Waals surface area contributed by atoms with E-state index in [0.29, 0.717) is 16.8 Å². The highest BCUT2D eigenvalue weighted by atomic mass is 35.5. The zero-order valence-corrected chi connectivity index (χ0v) is 16.9. The molecule has 1 aromatic carbocycles. The number of aromatic nitrogens is 2. The number of rotatable bonds is 4. The van der Waals surface area contributed by atoms with Crippen LogP contribution in [0.5, 0.6) is 0 Å². The van der Waals surface area contributed by atoms with Crippen molar-refractivity contribution in [3.8, 4) is 6.07 Å². The van der Waals surface area contributed by atoms with Crippen molar-refractivity contribution in [3.63, 3.8) is 0 Å². The highest BCUT2D eigenvalue weighted by Crippen LogP contribution is 2.32. The molecule has 9 nitrogen and oxygen atoms in total. The molecule has 0 saturated carbocycles. The quantitative estimate of drug-likeness (QED) is 0.675. The maximum absolute atomic E-state index is 12.1. The normalized spacial score (nSPS) is 16.7. The van der Waals surface area contributed by atoms with Gasteiger partial charge in [-0.25, -0.2) is 14.9 Å². The van der Waals surface area contributed by atoms with E-state index >= 15 is 0 Å². The Bertz CT molecular complexity index is 1070. The molecule has 1 aliphatic heterocycles. The standard InChI is InChI=1S/C18H16Cl2N6O3/c1-8(2)11-3-9(23-24-16(11)27)4-12-13(19)5-10(6-14(12)20)26-18(29)22-17(28)15(7-21)25-26/h3,5-6,8,15,25H,4H2,1-2H3,(H,24,27)(H,22,28,29). The van der Waals surface area contributed by atoms with Crippen LogP contribution in [0, 0.1) is 11.3 Å². The summed E-state index contributed by atoms with van der Waals surface area (Å²) in [6.07, 6.45) is 0.257. The van der Waals surface area contributed by atoms with Crippen molar-refractivity contribution in [3.05, 3.63) is 55.4 Å². The summed E-state index contributed by atoms with van der Waals surface area (Å²) in [4.78, 5) is 35.5. The number of imide groups is 1. The smallest absolute Gasteiger partial charge is 0.274 e. The molecular weight excluding hydrogens is 419 g/mol. The minimum absolute atomic E-state index is 0.0216. The summed E-state index contributed by atoms with van der Waals surface area (Å²) in [7, 11) is 0. The van der Waals surface area contributed by atoms with Gasteiger partial charge in [0.2, 0.25) is 0 Å². The van der Waals surface area contributed by atoms with Crippen molar-refractivity contribution in [2.45, 2.75) is 32.2 Å². The van der Waals surface area contributed by atoms with Crippen molar-refractivity contribution in [2.75, 3.05) is 5.01 Å². The Morgan fingerprint density at radius 1 is 1.21 bits per heavy atom. The van der Waals surface area contributed by atoms with E-state index in [1.54, 1.807) is 12.1 Å². The average Bonchev–Trinajstić information content (AvgIpc) is 2.65. The molecule has 1 unspecified atom stereocenters. The second-order valence-corrected chi connectivity index (χ2v) is 7.50. The fourth-order valence-corrected chi connectivity index (χ4v) is 3.42. The number of carbonyl (C=O) groups is 2. The summed E-state index contributed by atoms with van der Waals surface area (Å²) in [5.41, 5.74) is 4.24. The minimum atomic E-state index is -1.23. The summed E-state index contributed by atoms with van der Waals surface area (Å²) in [5, 5.41) is 19.1. The lowest BCUT2D eigenvalue weighted by Gasteiger charge is -2.30. The van der Waals surface area contributed by atoms with Gasteiger partial charge in [0.1, 0.15) is 0 Å². The number of aromatic amines is 1. The molecule has 0 spiro atoms. The number of nitrogens with zero attached hydrogens (tertiary/aromatic N) is 3. The Morgan fingerprint density at radius 3 is 2.45 bits per heavy atom. The van der Waals surface area contributed by atoms with E-state index in [1.807, 2.05) is 13.8 Å². The van der Waals surface area contributed by atoms with Crippen LogP contribution in [0.3, 0.4) is 0 Å². The summed E-state index contributed by atoms with van der Waals surface area (Å²) in [6.45, 7) is 3.80. The lowest BCUT2D eigenvalue weighted by molar-refractivity contribution is -0.121. The van der Waals surface area contributed by atoms with Crippen LogP contribution < -0.4 is 21.3 Å². The number of hydrazine groups is 1. The predicted octanol–water partition coefficient (Wildman–Crippen LogP) is 2.24. The average molecular weight is 435 g/mol. The number of hydrogen-bond donors (Lipinski definition) is 3. The number of benzene rings is 1. The molecule has 2 aromatic rings. The van der Waals surface area contributed by atoms with Gasteiger partial charge in [-0.05, 0) is 29.7 Å². The first-order valence-electron chi connectivity index (χ1n) is 8.58. The number of nitrogens with one attached hydrogen (secondary N) is 3. The van der Waals surface area contributed by atoms with Crippen LogP contribution in [0.2, 0.25) is 10.0 Å². The zero-order chi connectivity index (χ0) is 21.3. The Balaban J connectivity index is 1.92. The van der Waals surface area contributed by atoms with Gasteiger partial charge in [-0.3, -0.25) is 14.9 Å². The predicted molar refractivity (Wildman–Crippen MR) is 107 cm³/mol. The maximum Gasteiger partial charge on any atom is 0.343 e. The molecule has 150 valence electrons. The summed E-state index contributed by atoms with van der Waals surface area (Å²) >= 11 is 12.8. The van der Waals surface area contributed by atoms with Crippen LogP contribution in [0.25, 0.3) is 0 Å². The molecule has 1 saturated heterocycles. The molecule has 0 aliphatic carbocycles. The summed E-state index contributed by atoms with van der Waals surface area (Å²) < 4.78 is 0. The third-order valence-electron chi connectivity index (χ3n) is 4.33. The monoisotopic (exact) mass is 434 g/mol. The van der Waals surface area contributed by atoms with Crippen LogP contribution in [0.4, 0.5) is 10.5 Å². The van der Waals surface area contributed by atoms with Gasteiger partial charge in [0.15, 0.2) is 6.04 Å². The Hall–Kier alpha value is -2.93. The van der Waals surface area contributed by atoms with Crippen molar-refractivity contribution < 1.29 is 9.59 Å². The van der Waals surface area contributed by atoms with Crippen LogP contribution in [0.1, 0.15) is 36.6 Å². The number of anilines is 1. The van der Waals surface area contributed by atoms with Gasteiger partial charge in [-0.1, -0.05) is 37.0 Å². The van der Waals surface area contributed by atoms with E-state index in [1.165, 1.54) is 12.1 Å². The molecule has 3 N–H and O–H groups in total. The molecule has 1 aliphatic rings. The number of carbonyl (C=O) groups excluding carboxylic acids is 2. The van der Waals surface area contributed by atoms with Crippen molar-refractivity contribution in [1.29, 1.82) is 5.26 Å². The van der Waals surface area contributed by atoms with Crippen LogP contribution in [-0.4, -0.2) is 28.2 Å². The molecule has 1 aromatic heterocycles. The maximum atomic E-state index is 12.1. The van der Waals surface area contributed by atoms with Gasteiger partial charge < -0.3 is 0 Å². The number of amides is 3. The third-order valence-corrected chi connectivity index (χ3v) is 5.01. The molecule has 3 amide bonds. The van der Waals surface area contributed by atoms with Crippen molar-refractivity contribution in [1.82, 2.24) is 20.9 Å². The second kappa shape index (κ2) is 8.21. The lowest BCUT2D eigenvalue weighted by atomic mass is 10.0. The zero-order valence-electron chi connectivity index (χ0n) is 15.4. The number of urea groups is 1. The van der Waals surface area contributed by atoms with Crippen LogP contribution in [-0.2, 0) is 11.2 Å². The molecule has 1 fully saturated rings. The first kappa shape index (κ1) is 20.8. The van der Waals surface area contributed by atoms with Crippen molar-refractivity contribution in [2.24, 2.45) is 0 Å². The highest BCUT2D eigenvalue weighted by molar-refractivity contribution is 6.36. The minimum Gasteiger partial charge on any atom is -0.274 e. The Labute approximate surface area is 175 Å². The van der Waals surface area contributed by atoms with Crippen molar-refractivity contribution >= 4 is 40.8 Å². The van der Waals surface area contributed by atoms with E-state index in [2.05, 4.69) is 20.9 Å². The highest BCUT2D eigenvalue weighted by Gasteiger charge is 2.33. The number of nitriles is 1. The Kier molecular flexibility index (Phi) is 5.88. The van der Waals surface area contributed by atoms with Gasteiger partial charge in [-0.2, -0.15) is 15.8 Å². The molecule has 0 radical (unpaired) electrons. The first-order valence-corrected chi connectivity index (χ1v) is 9.34. The van der Waals surface area contributed by atoms with E-state index in [9.17, 15) is 14.4 Å². The molecule has 3 rings (SSSR count). The van der Waals surface area contributed by atoms with E-state index < -0.39 is 18.0 Å². The number of hydrogen-bond acceptors (Lipinski definition) is 6. The van der Waals surface area contributed by atoms with Gasteiger partial charge in [0.05, 0.1) is 17.5 Å². The first-order chi connectivity index (χ1) is 13.7.